The number of nitrogens with one attached hydrogen (secondary N) is 2. The summed E-state index contributed by atoms with van der Waals surface area (Å²) in [7, 11) is 2.08. The van der Waals surface area contributed by atoms with Crippen molar-refractivity contribution in [2.24, 2.45) is 0 Å². The molecule has 0 spiro atoms. The van der Waals surface area contributed by atoms with Gasteiger partial charge in [0.05, 0.1) is 0 Å². The largest absolute Gasteiger partial charge is 0.480 e. The molecule has 21 heavy (non-hydrogen) atoms. The van der Waals surface area contributed by atoms with Gasteiger partial charge in [-0.2, -0.15) is 0 Å². The average Bonchev–Trinajstić information content (AvgIpc) is 2.82. The van der Waals surface area contributed by atoms with E-state index in [2.05, 4.69) is 22.6 Å². The third kappa shape index (κ3) is 6.40. The first kappa shape index (κ1) is 17.2. The molecule has 1 aliphatic heterocycles. The fourth-order valence-electron chi connectivity index (χ4n) is 2.24. The van der Waals surface area contributed by atoms with Crippen molar-refractivity contribution in [3.63, 3.8) is 0 Å². The highest BCUT2D eigenvalue weighted by atomic mass is 16.4. The zero-order valence-corrected chi connectivity index (χ0v) is 12.5. The van der Waals surface area contributed by atoms with Gasteiger partial charge in [-0.25, -0.2) is 0 Å². The topological polar surface area (TPSA) is 98.7 Å². The number of hydrogen-bond donors (Lipinski definition) is 3. The number of carboxylic acid groups (broad SMARTS) is 1. The van der Waals surface area contributed by atoms with Crippen LogP contribution in [0.3, 0.4) is 0 Å². The maximum Gasteiger partial charge on any atom is 0.325 e. The molecular weight excluding hydrogens is 274 g/mol. The van der Waals surface area contributed by atoms with Crippen LogP contribution in [0.1, 0.15) is 26.2 Å². The number of carbonyl (C=O) groups is 3. The molecule has 0 radical (unpaired) electrons. The SMILES string of the molecule is C[C@H](NC(=O)/C=C/C(=O)NCCC1CCCN1C)C(=O)O. The summed E-state index contributed by atoms with van der Waals surface area (Å²) in [5.74, 6) is -2.08. The molecule has 7 heteroatoms. The number of nitrogens with zero attached hydrogens (tertiary/aromatic N) is 1. The molecule has 2 atom stereocenters. The number of aliphatic carboxylic acids is 1. The predicted molar refractivity (Wildman–Crippen MR) is 77.7 cm³/mol. The third-order valence-electron chi connectivity index (χ3n) is 3.56. The van der Waals surface area contributed by atoms with E-state index in [1.807, 2.05) is 0 Å². The molecule has 3 N–H and O–H groups in total. The van der Waals surface area contributed by atoms with Crippen LogP contribution < -0.4 is 10.6 Å². The van der Waals surface area contributed by atoms with Gasteiger partial charge >= 0.3 is 5.97 Å². The van der Waals surface area contributed by atoms with Gasteiger partial charge in [0.25, 0.3) is 0 Å². The summed E-state index contributed by atoms with van der Waals surface area (Å²) in [5.41, 5.74) is 0. The maximum absolute atomic E-state index is 11.5. The van der Waals surface area contributed by atoms with E-state index in [4.69, 9.17) is 5.11 Å². The molecule has 2 amide bonds. The Bertz CT molecular complexity index is 422. The van der Waals surface area contributed by atoms with Crippen LogP contribution in [0.2, 0.25) is 0 Å². The molecule has 0 aliphatic carbocycles. The molecule has 1 aliphatic rings. The van der Waals surface area contributed by atoms with Crippen molar-refractivity contribution in [3.05, 3.63) is 12.2 Å². The van der Waals surface area contributed by atoms with Gasteiger partial charge in [-0.05, 0) is 39.8 Å². The zero-order chi connectivity index (χ0) is 15.8. The Morgan fingerprint density at radius 3 is 2.57 bits per heavy atom. The number of amides is 2. The predicted octanol–water partition coefficient (Wildman–Crippen LogP) is -0.268. The van der Waals surface area contributed by atoms with Gasteiger partial charge in [-0.15, -0.1) is 0 Å². The van der Waals surface area contributed by atoms with Gasteiger partial charge < -0.3 is 20.6 Å². The van der Waals surface area contributed by atoms with Crippen molar-refractivity contribution in [2.45, 2.75) is 38.3 Å². The summed E-state index contributed by atoms with van der Waals surface area (Å²) in [6.07, 6.45) is 5.38. The van der Waals surface area contributed by atoms with Crippen molar-refractivity contribution in [2.75, 3.05) is 20.1 Å². The van der Waals surface area contributed by atoms with Gasteiger partial charge in [0.2, 0.25) is 11.8 Å². The quantitative estimate of drug-likeness (QED) is 0.562. The Kier molecular flexibility index (Phi) is 6.87. The molecule has 1 fully saturated rings. The van der Waals surface area contributed by atoms with E-state index in [-0.39, 0.29) is 5.91 Å². The highest BCUT2D eigenvalue weighted by Crippen LogP contribution is 2.16. The smallest absolute Gasteiger partial charge is 0.325 e. The van der Waals surface area contributed by atoms with Gasteiger partial charge in [0.1, 0.15) is 6.04 Å². The van der Waals surface area contributed by atoms with Crippen LogP contribution in [0.4, 0.5) is 0 Å². The lowest BCUT2D eigenvalue weighted by atomic mass is 10.1. The summed E-state index contributed by atoms with van der Waals surface area (Å²) in [5, 5.41) is 13.6. The highest BCUT2D eigenvalue weighted by Gasteiger charge is 2.20. The minimum atomic E-state index is -1.12. The second-order valence-corrected chi connectivity index (χ2v) is 5.26. The Morgan fingerprint density at radius 1 is 1.33 bits per heavy atom. The summed E-state index contributed by atoms with van der Waals surface area (Å²) >= 11 is 0. The normalized spacial score (nSPS) is 20.4. The first-order valence-corrected chi connectivity index (χ1v) is 7.09. The third-order valence-corrected chi connectivity index (χ3v) is 3.56. The average molecular weight is 297 g/mol. The van der Waals surface area contributed by atoms with Crippen molar-refractivity contribution in [1.29, 1.82) is 0 Å². The summed E-state index contributed by atoms with van der Waals surface area (Å²) in [6.45, 7) is 3.01. The van der Waals surface area contributed by atoms with Crippen molar-refractivity contribution >= 4 is 17.8 Å². The molecule has 118 valence electrons. The first-order valence-electron chi connectivity index (χ1n) is 7.09. The molecule has 7 nitrogen and oxygen atoms in total. The van der Waals surface area contributed by atoms with Gasteiger partial charge in [0, 0.05) is 24.7 Å². The maximum atomic E-state index is 11.5. The number of carboxylic acids is 1. The van der Waals surface area contributed by atoms with Crippen LogP contribution in [-0.4, -0.2) is 60.0 Å². The molecule has 1 heterocycles. The molecule has 1 rings (SSSR count). The van der Waals surface area contributed by atoms with Crippen LogP contribution in [0.5, 0.6) is 0 Å². The van der Waals surface area contributed by atoms with E-state index in [0.717, 1.165) is 31.5 Å². The molecule has 0 aromatic heterocycles. The Morgan fingerprint density at radius 2 is 2.00 bits per heavy atom. The van der Waals surface area contributed by atoms with E-state index < -0.39 is 17.9 Å². The highest BCUT2D eigenvalue weighted by molar-refractivity contribution is 5.97. The Hall–Kier alpha value is -1.89. The van der Waals surface area contributed by atoms with E-state index in [1.54, 1.807) is 0 Å². The van der Waals surface area contributed by atoms with E-state index >= 15 is 0 Å². The lowest BCUT2D eigenvalue weighted by molar-refractivity contribution is -0.140. The lowest BCUT2D eigenvalue weighted by Crippen LogP contribution is -2.37. The van der Waals surface area contributed by atoms with E-state index in [1.165, 1.54) is 13.3 Å². The number of carbonyl (C=O) groups excluding carboxylic acids is 2. The molecule has 0 aromatic rings. The van der Waals surface area contributed by atoms with Crippen LogP contribution >= 0.6 is 0 Å². The Labute approximate surface area is 124 Å². The van der Waals surface area contributed by atoms with Crippen LogP contribution in [0, 0.1) is 0 Å². The molecule has 1 unspecified atom stereocenters. The fourth-order valence-corrected chi connectivity index (χ4v) is 2.24. The molecule has 0 bridgehead atoms. The van der Waals surface area contributed by atoms with Crippen LogP contribution in [-0.2, 0) is 14.4 Å². The number of hydrogen-bond acceptors (Lipinski definition) is 4. The molecular formula is C14H23N3O4. The van der Waals surface area contributed by atoms with Gasteiger partial charge in [0.15, 0.2) is 0 Å². The van der Waals surface area contributed by atoms with Gasteiger partial charge in [-0.3, -0.25) is 14.4 Å². The lowest BCUT2D eigenvalue weighted by Gasteiger charge is -2.18. The monoisotopic (exact) mass is 297 g/mol. The van der Waals surface area contributed by atoms with Crippen LogP contribution in [0.25, 0.3) is 0 Å². The fraction of sp³-hybridized carbons (Fsp3) is 0.643. The standard InChI is InChI=1S/C14H23N3O4/c1-10(14(20)21)16-13(19)6-5-12(18)15-8-7-11-4-3-9-17(11)2/h5-6,10-11H,3-4,7-9H2,1-2H3,(H,15,18)(H,16,19)(H,20,21)/b6-5+/t10-,11?/m0/s1. The van der Waals surface area contributed by atoms with E-state index in [0.29, 0.717) is 12.6 Å². The van der Waals surface area contributed by atoms with E-state index in [9.17, 15) is 14.4 Å². The molecule has 0 saturated carbocycles. The number of likely N-dealkylation sites (tertiary alicyclic amines) is 1. The second-order valence-electron chi connectivity index (χ2n) is 5.26. The summed E-state index contributed by atoms with van der Waals surface area (Å²) in [6, 6.07) is -0.475. The Balaban J connectivity index is 2.21. The van der Waals surface area contributed by atoms with Crippen molar-refractivity contribution < 1.29 is 19.5 Å². The molecule has 1 saturated heterocycles. The van der Waals surface area contributed by atoms with Crippen LogP contribution in [0.15, 0.2) is 12.2 Å². The molecule has 0 aromatic carbocycles. The second kappa shape index (κ2) is 8.41. The number of rotatable bonds is 7. The van der Waals surface area contributed by atoms with Gasteiger partial charge in [-0.1, -0.05) is 0 Å². The minimum absolute atomic E-state index is 0.353. The van der Waals surface area contributed by atoms with Crippen molar-refractivity contribution in [3.8, 4) is 0 Å². The first-order chi connectivity index (χ1) is 9.90. The summed E-state index contributed by atoms with van der Waals surface area (Å²) in [4.78, 5) is 35.7. The van der Waals surface area contributed by atoms with Crippen molar-refractivity contribution in [1.82, 2.24) is 15.5 Å². The zero-order valence-electron chi connectivity index (χ0n) is 12.5. The summed E-state index contributed by atoms with van der Waals surface area (Å²) < 4.78 is 0. The minimum Gasteiger partial charge on any atom is -0.480 e.